The zero-order valence-electron chi connectivity index (χ0n) is 8.38. The van der Waals surface area contributed by atoms with Crippen LogP contribution in [0.4, 0.5) is 5.95 Å². The maximum absolute atomic E-state index is 5.56. The first-order valence-corrected chi connectivity index (χ1v) is 4.74. The molecule has 1 aromatic carbocycles. The SMILES string of the molecule is Nc1nc(-c2ccc3c(c2)OCO3)cn1N. The van der Waals surface area contributed by atoms with Gasteiger partial charge < -0.3 is 21.1 Å². The number of nitrogens with zero attached hydrogens (tertiary/aromatic N) is 2. The van der Waals surface area contributed by atoms with Crippen LogP contribution in [0, 0.1) is 0 Å². The number of rotatable bonds is 1. The fourth-order valence-electron chi connectivity index (χ4n) is 1.60. The second kappa shape index (κ2) is 3.06. The normalized spacial score (nSPS) is 13.0. The third-order valence-electron chi connectivity index (χ3n) is 2.43. The first-order valence-electron chi connectivity index (χ1n) is 4.74. The van der Waals surface area contributed by atoms with Gasteiger partial charge in [-0.25, -0.2) is 9.66 Å². The summed E-state index contributed by atoms with van der Waals surface area (Å²) >= 11 is 0. The van der Waals surface area contributed by atoms with Gasteiger partial charge in [-0.1, -0.05) is 0 Å². The predicted octanol–water partition coefficient (Wildman–Crippen LogP) is 0.575. The first-order chi connectivity index (χ1) is 7.74. The van der Waals surface area contributed by atoms with Crippen LogP contribution in [0.3, 0.4) is 0 Å². The lowest BCUT2D eigenvalue weighted by molar-refractivity contribution is 0.174. The highest BCUT2D eigenvalue weighted by Crippen LogP contribution is 2.35. The molecule has 3 rings (SSSR count). The number of hydrogen-bond donors (Lipinski definition) is 2. The molecule has 0 fully saturated rings. The Balaban J connectivity index is 2.07. The summed E-state index contributed by atoms with van der Waals surface area (Å²) in [4.78, 5) is 4.13. The largest absolute Gasteiger partial charge is 0.454 e. The van der Waals surface area contributed by atoms with Gasteiger partial charge in [0, 0.05) is 5.56 Å². The van der Waals surface area contributed by atoms with Crippen molar-refractivity contribution in [2.75, 3.05) is 18.4 Å². The third kappa shape index (κ3) is 1.23. The van der Waals surface area contributed by atoms with E-state index in [2.05, 4.69) is 4.98 Å². The second-order valence-corrected chi connectivity index (χ2v) is 3.46. The van der Waals surface area contributed by atoms with Crippen molar-refractivity contribution in [1.82, 2.24) is 9.66 Å². The fraction of sp³-hybridized carbons (Fsp3) is 0.100. The van der Waals surface area contributed by atoms with E-state index in [9.17, 15) is 0 Å². The van der Waals surface area contributed by atoms with Gasteiger partial charge in [0.2, 0.25) is 12.7 Å². The molecular formula is C10H10N4O2. The average molecular weight is 218 g/mol. The summed E-state index contributed by atoms with van der Waals surface area (Å²) in [6.45, 7) is 0.256. The number of anilines is 1. The Bertz CT molecular complexity index is 530. The van der Waals surface area contributed by atoms with E-state index in [0.717, 1.165) is 11.3 Å². The van der Waals surface area contributed by atoms with Crippen LogP contribution in [-0.2, 0) is 0 Å². The summed E-state index contributed by atoms with van der Waals surface area (Å²) in [6.07, 6.45) is 1.66. The molecule has 0 unspecified atom stereocenters. The number of benzene rings is 1. The average Bonchev–Trinajstić information content (AvgIpc) is 2.85. The predicted molar refractivity (Wildman–Crippen MR) is 58.3 cm³/mol. The summed E-state index contributed by atoms with van der Waals surface area (Å²) in [5.41, 5.74) is 7.16. The summed E-state index contributed by atoms with van der Waals surface area (Å²) in [6, 6.07) is 5.57. The lowest BCUT2D eigenvalue weighted by atomic mass is 10.1. The Morgan fingerprint density at radius 1 is 1.25 bits per heavy atom. The lowest BCUT2D eigenvalue weighted by Gasteiger charge is -1.98. The van der Waals surface area contributed by atoms with Crippen molar-refractivity contribution in [2.45, 2.75) is 0 Å². The van der Waals surface area contributed by atoms with Crippen LogP contribution < -0.4 is 21.1 Å². The van der Waals surface area contributed by atoms with Crippen LogP contribution in [0.1, 0.15) is 0 Å². The van der Waals surface area contributed by atoms with Crippen molar-refractivity contribution >= 4 is 5.95 Å². The minimum absolute atomic E-state index is 0.256. The lowest BCUT2D eigenvalue weighted by Crippen LogP contribution is -2.09. The molecule has 0 aliphatic carbocycles. The number of imidazole rings is 1. The molecule has 1 aliphatic heterocycles. The van der Waals surface area contributed by atoms with E-state index in [-0.39, 0.29) is 12.7 Å². The highest BCUT2D eigenvalue weighted by molar-refractivity contribution is 5.65. The summed E-state index contributed by atoms with van der Waals surface area (Å²) in [5.74, 6) is 7.29. The van der Waals surface area contributed by atoms with Crippen molar-refractivity contribution in [3.05, 3.63) is 24.4 Å². The number of fused-ring (bicyclic) bond motifs is 1. The van der Waals surface area contributed by atoms with Crippen LogP contribution in [0.25, 0.3) is 11.3 Å². The molecule has 1 aromatic heterocycles. The zero-order valence-corrected chi connectivity index (χ0v) is 8.38. The molecule has 0 bridgehead atoms. The van der Waals surface area contributed by atoms with Crippen LogP contribution >= 0.6 is 0 Å². The molecular weight excluding hydrogens is 208 g/mol. The van der Waals surface area contributed by atoms with Gasteiger partial charge in [0.15, 0.2) is 11.5 Å². The van der Waals surface area contributed by atoms with E-state index < -0.39 is 0 Å². The Hall–Kier alpha value is -2.37. The number of aromatic nitrogens is 2. The van der Waals surface area contributed by atoms with Crippen LogP contribution in [0.2, 0.25) is 0 Å². The molecule has 0 radical (unpaired) electrons. The second-order valence-electron chi connectivity index (χ2n) is 3.46. The molecule has 6 heteroatoms. The van der Waals surface area contributed by atoms with Crippen molar-refractivity contribution in [1.29, 1.82) is 0 Å². The minimum atomic E-state index is 0.256. The molecule has 2 aromatic rings. The summed E-state index contributed by atoms with van der Waals surface area (Å²) < 4.78 is 11.8. The topological polar surface area (TPSA) is 88.3 Å². The van der Waals surface area contributed by atoms with Gasteiger partial charge in [-0.3, -0.25) is 0 Å². The molecule has 0 amide bonds. The molecule has 0 saturated heterocycles. The van der Waals surface area contributed by atoms with E-state index in [4.69, 9.17) is 21.1 Å². The summed E-state index contributed by atoms with van der Waals surface area (Å²) in [7, 11) is 0. The van der Waals surface area contributed by atoms with E-state index >= 15 is 0 Å². The molecule has 4 N–H and O–H groups in total. The minimum Gasteiger partial charge on any atom is -0.454 e. The van der Waals surface area contributed by atoms with Gasteiger partial charge in [0.1, 0.15) is 0 Å². The van der Waals surface area contributed by atoms with E-state index in [1.54, 1.807) is 6.20 Å². The van der Waals surface area contributed by atoms with E-state index in [1.165, 1.54) is 4.68 Å². The zero-order chi connectivity index (χ0) is 11.1. The van der Waals surface area contributed by atoms with Crippen LogP contribution in [0.5, 0.6) is 11.5 Å². The van der Waals surface area contributed by atoms with Gasteiger partial charge in [-0.2, -0.15) is 0 Å². The Kier molecular flexibility index (Phi) is 1.70. The van der Waals surface area contributed by atoms with Crippen molar-refractivity contribution in [3.63, 3.8) is 0 Å². The standard InChI is InChI=1S/C10H10N4O2/c11-10-13-7(4-14(10)12)6-1-2-8-9(3-6)16-5-15-8/h1-4H,5,12H2,(H2,11,13). The van der Waals surface area contributed by atoms with Gasteiger partial charge in [0.25, 0.3) is 0 Å². The maximum atomic E-state index is 5.56. The van der Waals surface area contributed by atoms with Gasteiger partial charge in [0.05, 0.1) is 11.9 Å². The van der Waals surface area contributed by atoms with Gasteiger partial charge in [-0.15, -0.1) is 0 Å². The number of ether oxygens (including phenoxy) is 2. The number of hydrogen-bond acceptors (Lipinski definition) is 5. The molecule has 0 saturated carbocycles. The Labute approximate surface area is 91.4 Å². The molecule has 1 aliphatic rings. The molecule has 6 nitrogen and oxygen atoms in total. The monoisotopic (exact) mass is 218 g/mol. The molecule has 16 heavy (non-hydrogen) atoms. The van der Waals surface area contributed by atoms with Crippen molar-refractivity contribution < 1.29 is 9.47 Å². The molecule has 0 atom stereocenters. The number of nitrogens with two attached hydrogens (primary N) is 2. The van der Waals surface area contributed by atoms with Crippen LogP contribution in [0.15, 0.2) is 24.4 Å². The van der Waals surface area contributed by atoms with Gasteiger partial charge >= 0.3 is 0 Å². The smallest absolute Gasteiger partial charge is 0.231 e. The summed E-state index contributed by atoms with van der Waals surface area (Å²) in [5, 5.41) is 0. The Morgan fingerprint density at radius 3 is 2.81 bits per heavy atom. The first kappa shape index (κ1) is 8.90. The fourth-order valence-corrected chi connectivity index (χ4v) is 1.60. The molecule has 0 spiro atoms. The molecule has 2 heterocycles. The Morgan fingerprint density at radius 2 is 2.06 bits per heavy atom. The highest BCUT2D eigenvalue weighted by Gasteiger charge is 2.15. The van der Waals surface area contributed by atoms with Crippen molar-refractivity contribution in [3.8, 4) is 22.8 Å². The van der Waals surface area contributed by atoms with Crippen molar-refractivity contribution in [2.24, 2.45) is 0 Å². The van der Waals surface area contributed by atoms with E-state index in [0.29, 0.717) is 11.4 Å². The highest BCUT2D eigenvalue weighted by atomic mass is 16.7. The maximum Gasteiger partial charge on any atom is 0.231 e. The third-order valence-corrected chi connectivity index (χ3v) is 2.43. The molecule has 82 valence electrons. The number of nitrogen functional groups attached to an aromatic ring is 2. The quantitative estimate of drug-likeness (QED) is 0.683. The van der Waals surface area contributed by atoms with Crippen LogP contribution in [-0.4, -0.2) is 16.5 Å². The van der Waals surface area contributed by atoms with Gasteiger partial charge in [-0.05, 0) is 18.2 Å². The van der Waals surface area contributed by atoms with E-state index in [1.807, 2.05) is 18.2 Å².